The highest BCUT2D eigenvalue weighted by molar-refractivity contribution is 6.36. The number of nitrogens with one attached hydrogen (secondary N) is 1. The lowest BCUT2D eigenvalue weighted by Crippen LogP contribution is -2.04. The van der Waals surface area contributed by atoms with Crippen molar-refractivity contribution >= 4 is 28.9 Å². The van der Waals surface area contributed by atoms with E-state index < -0.39 is 0 Å². The Hall–Kier alpha value is -1.38. The molecule has 0 spiro atoms. The summed E-state index contributed by atoms with van der Waals surface area (Å²) in [6.07, 6.45) is 3.32. The molecule has 1 heterocycles. The van der Waals surface area contributed by atoms with Crippen LogP contribution in [0.25, 0.3) is 0 Å². The molecule has 0 amide bonds. The third-order valence-corrected chi connectivity index (χ3v) is 3.14. The van der Waals surface area contributed by atoms with Gasteiger partial charge in [-0.15, -0.1) is 0 Å². The van der Waals surface area contributed by atoms with Crippen molar-refractivity contribution in [3.8, 4) is 0 Å². The minimum Gasteiger partial charge on any atom is -0.300 e. The van der Waals surface area contributed by atoms with E-state index in [0.29, 0.717) is 15.8 Å². The highest BCUT2D eigenvalue weighted by Crippen LogP contribution is 2.26. The van der Waals surface area contributed by atoms with Gasteiger partial charge >= 0.3 is 0 Å². The molecule has 1 aromatic heterocycles. The van der Waals surface area contributed by atoms with E-state index in [1.165, 1.54) is 0 Å². The van der Waals surface area contributed by atoms with Crippen molar-refractivity contribution in [1.29, 1.82) is 5.41 Å². The molecule has 0 fully saturated rings. The van der Waals surface area contributed by atoms with Gasteiger partial charge in [-0.25, -0.2) is 0 Å². The molecule has 0 aliphatic rings. The molecule has 0 saturated carbocycles. The zero-order chi connectivity index (χ0) is 12.4. The standard InChI is InChI=1S/C13H10Cl2N2/c1-8-11(5-10(14)6-12(8)15)13(16)9-3-2-4-17-7-9/h2-7,16H,1H3. The Labute approximate surface area is 110 Å². The van der Waals surface area contributed by atoms with E-state index in [4.69, 9.17) is 28.6 Å². The molecule has 0 aliphatic heterocycles. The third kappa shape index (κ3) is 2.48. The zero-order valence-corrected chi connectivity index (χ0v) is 10.7. The van der Waals surface area contributed by atoms with Gasteiger partial charge in [0.15, 0.2) is 0 Å². The van der Waals surface area contributed by atoms with Crippen molar-refractivity contribution in [2.45, 2.75) is 6.92 Å². The van der Waals surface area contributed by atoms with Crippen LogP contribution < -0.4 is 0 Å². The first-order chi connectivity index (χ1) is 8.09. The van der Waals surface area contributed by atoms with Crippen molar-refractivity contribution in [3.63, 3.8) is 0 Å². The Morgan fingerprint density at radius 3 is 2.71 bits per heavy atom. The predicted molar refractivity (Wildman–Crippen MR) is 71.4 cm³/mol. The van der Waals surface area contributed by atoms with E-state index in [9.17, 15) is 0 Å². The lowest BCUT2D eigenvalue weighted by Gasteiger charge is -2.09. The van der Waals surface area contributed by atoms with Crippen molar-refractivity contribution in [2.75, 3.05) is 0 Å². The molecule has 1 aromatic carbocycles. The van der Waals surface area contributed by atoms with Crippen molar-refractivity contribution < 1.29 is 0 Å². The number of aromatic nitrogens is 1. The molecular weight excluding hydrogens is 255 g/mol. The van der Waals surface area contributed by atoms with E-state index >= 15 is 0 Å². The second-order valence-electron chi connectivity index (χ2n) is 3.68. The van der Waals surface area contributed by atoms with Crippen LogP contribution in [0, 0.1) is 12.3 Å². The number of halogens is 2. The first kappa shape index (κ1) is 12.1. The summed E-state index contributed by atoms with van der Waals surface area (Å²) >= 11 is 12.0. The molecule has 0 atom stereocenters. The first-order valence-corrected chi connectivity index (χ1v) is 5.80. The van der Waals surface area contributed by atoms with E-state index in [1.807, 2.05) is 13.0 Å². The molecule has 17 heavy (non-hydrogen) atoms. The fraction of sp³-hybridized carbons (Fsp3) is 0.0769. The smallest absolute Gasteiger partial charge is 0.0703 e. The molecule has 2 aromatic rings. The third-order valence-electron chi connectivity index (χ3n) is 2.53. The topological polar surface area (TPSA) is 36.7 Å². The maximum absolute atomic E-state index is 8.15. The summed E-state index contributed by atoms with van der Waals surface area (Å²) in [7, 11) is 0. The van der Waals surface area contributed by atoms with Crippen LogP contribution in [0.3, 0.4) is 0 Å². The minimum atomic E-state index is 0.375. The van der Waals surface area contributed by atoms with Crippen LogP contribution in [0.1, 0.15) is 16.7 Å². The maximum Gasteiger partial charge on any atom is 0.0703 e. The van der Waals surface area contributed by atoms with Crippen molar-refractivity contribution in [1.82, 2.24) is 4.98 Å². The van der Waals surface area contributed by atoms with Crippen LogP contribution in [0.5, 0.6) is 0 Å². The van der Waals surface area contributed by atoms with Crippen LogP contribution in [-0.2, 0) is 0 Å². The van der Waals surface area contributed by atoms with E-state index in [-0.39, 0.29) is 0 Å². The van der Waals surface area contributed by atoms with E-state index in [1.54, 1.807) is 30.6 Å². The summed E-state index contributed by atoms with van der Waals surface area (Å²) in [6.45, 7) is 1.87. The number of hydrogen-bond donors (Lipinski definition) is 1. The minimum absolute atomic E-state index is 0.375. The van der Waals surface area contributed by atoms with Gasteiger partial charge in [-0.2, -0.15) is 0 Å². The lowest BCUT2D eigenvalue weighted by atomic mass is 9.99. The molecule has 2 nitrogen and oxygen atoms in total. The van der Waals surface area contributed by atoms with Gasteiger partial charge in [0.25, 0.3) is 0 Å². The Balaban J connectivity index is 2.52. The van der Waals surface area contributed by atoms with Gasteiger partial charge in [-0.05, 0) is 36.8 Å². The second-order valence-corrected chi connectivity index (χ2v) is 4.52. The SMILES string of the molecule is Cc1c(Cl)cc(Cl)cc1C(=N)c1cccnc1. The summed E-state index contributed by atoms with van der Waals surface area (Å²) in [6, 6.07) is 7.06. The zero-order valence-electron chi connectivity index (χ0n) is 9.17. The second kappa shape index (κ2) is 4.86. The lowest BCUT2D eigenvalue weighted by molar-refractivity contribution is 1.30. The number of hydrogen-bond acceptors (Lipinski definition) is 2. The molecule has 0 bridgehead atoms. The molecule has 4 heteroatoms. The number of pyridine rings is 1. The van der Waals surface area contributed by atoms with Gasteiger partial charge in [0.1, 0.15) is 0 Å². The quantitative estimate of drug-likeness (QED) is 0.815. The molecule has 86 valence electrons. The Morgan fingerprint density at radius 2 is 2.06 bits per heavy atom. The highest BCUT2D eigenvalue weighted by Gasteiger charge is 2.11. The maximum atomic E-state index is 8.15. The van der Waals surface area contributed by atoms with Gasteiger partial charge in [0.05, 0.1) is 5.71 Å². The van der Waals surface area contributed by atoms with Gasteiger partial charge in [-0.3, -0.25) is 10.4 Å². The average Bonchev–Trinajstić information content (AvgIpc) is 2.34. The summed E-state index contributed by atoms with van der Waals surface area (Å²) < 4.78 is 0. The Kier molecular flexibility index (Phi) is 3.46. The highest BCUT2D eigenvalue weighted by atomic mass is 35.5. The van der Waals surface area contributed by atoms with Crippen LogP contribution in [0.4, 0.5) is 0 Å². The van der Waals surface area contributed by atoms with E-state index in [2.05, 4.69) is 4.98 Å². The molecule has 0 aliphatic carbocycles. The number of nitrogens with zero attached hydrogens (tertiary/aromatic N) is 1. The normalized spacial score (nSPS) is 10.3. The number of rotatable bonds is 2. The van der Waals surface area contributed by atoms with Crippen molar-refractivity contribution in [3.05, 3.63) is 63.4 Å². The largest absolute Gasteiger partial charge is 0.300 e. The summed E-state index contributed by atoms with van der Waals surface area (Å²) in [5.41, 5.74) is 2.70. The van der Waals surface area contributed by atoms with Crippen LogP contribution in [0.15, 0.2) is 36.7 Å². The van der Waals surface area contributed by atoms with Gasteiger partial charge < -0.3 is 0 Å². The Bertz CT molecular complexity index is 565. The monoisotopic (exact) mass is 264 g/mol. The molecule has 0 saturated heterocycles. The molecule has 0 radical (unpaired) electrons. The summed E-state index contributed by atoms with van der Waals surface area (Å²) in [5, 5.41) is 9.25. The number of benzene rings is 1. The van der Waals surface area contributed by atoms with Gasteiger partial charge in [0, 0.05) is 33.6 Å². The molecule has 0 unspecified atom stereocenters. The van der Waals surface area contributed by atoms with E-state index in [0.717, 1.165) is 16.7 Å². The average molecular weight is 265 g/mol. The molecular formula is C13H10Cl2N2. The summed E-state index contributed by atoms with van der Waals surface area (Å²) in [5.74, 6) is 0. The van der Waals surface area contributed by atoms with Crippen LogP contribution in [0.2, 0.25) is 10.0 Å². The van der Waals surface area contributed by atoms with Crippen LogP contribution >= 0.6 is 23.2 Å². The van der Waals surface area contributed by atoms with Crippen LogP contribution in [-0.4, -0.2) is 10.7 Å². The molecule has 2 rings (SSSR count). The fourth-order valence-electron chi connectivity index (χ4n) is 1.57. The van der Waals surface area contributed by atoms with Gasteiger partial charge in [0.2, 0.25) is 0 Å². The fourth-order valence-corrected chi connectivity index (χ4v) is 2.07. The Morgan fingerprint density at radius 1 is 1.29 bits per heavy atom. The van der Waals surface area contributed by atoms with Gasteiger partial charge in [-0.1, -0.05) is 23.2 Å². The molecule has 1 N–H and O–H groups in total. The summed E-state index contributed by atoms with van der Waals surface area (Å²) in [4.78, 5) is 4.00. The predicted octanol–water partition coefficient (Wildman–Crippen LogP) is 4.11. The van der Waals surface area contributed by atoms with Crippen molar-refractivity contribution in [2.24, 2.45) is 0 Å². The first-order valence-electron chi connectivity index (χ1n) is 5.04.